The van der Waals surface area contributed by atoms with E-state index in [-0.39, 0.29) is 17.1 Å². The number of nitrogens with zero attached hydrogens (tertiary/aromatic N) is 3. The van der Waals surface area contributed by atoms with Crippen LogP contribution >= 0.6 is 0 Å². The predicted octanol–water partition coefficient (Wildman–Crippen LogP) is 4.59. The Kier molecular flexibility index (Phi) is 7.55. The standard InChI is InChI=1S/C29H26FN5O6/c1-16-25(27(36)34-21-14-18(38-2)10-12-22(21)39-3)26(35-29(33-16)31-15-32-35)17-9-11-23(24(13-17)40-4)41-28(37)19-7-5-6-8-20(19)30/h5-15,26H,1-4H3,(H,34,36)(H,31,32,33)/t26-/m1/s1. The number of benzene rings is 3. The van der Waals surface area contributed by atoms with Gasteiger partial charge in [0.2, 0.25) is 5.95 Å². The summed E-state index contributed by atoms with van der Waals surface area (Å²) in [7, 11) is 4.44. The second kappa shape index (κ2) is 11.4. The van der Waals surface area contributed by atoms with Gasteiger partial charge in [0.05, 0.1) is 38.2 Å². The van der Waals surface area contributed by atoms with Crippen LogP contribution in [0.25, 0.3) is 0 Å². The van der Waals surface area contributed by atoms with Gasteiger partial charge in [-0.1, -0.05) is 18.2 Å². The summed E-state index contributed by atoms with van der Waals surface area (Å²) in [6.45, 7) is 1.75. The van der Waals surface area contributed by atoms with Crippen LogP contribution < -0.4 is 29.6 Å². The smallest absolute Gasteiger partial charge is 0.346 e. The molecule has 1 aromatic heterocycles. The number of anilines is 2. The molecule has 0 aliphatic carbocycles. The van der Waals surface area contributed by atoms with Crippen LogP contribution in [0.5, 0.6) is 23.0 Å². The van der Waals surface area contributed by atoms with Crippen molar-refractivity contribution >= 4 is 23.5 Å². The minimum atomic E-state index is -0.877. The molecule has 1 atom stereocenters. The highest BCUT2D eigenvalue weighted by atomic mass is 19.1. The van der Waals surface area contributed by atoms with Crippen molar-refractivity contribution in [2.45, 2.75) is 13.0 Å². The molecule has 1 amide bonds. The third-order valence-electron chi connectivity index (χ3n) is 6.49. The minimum absolute atomic E-state index is 0.0741. The first-order chi connectivity index (χ1) is 19.8. The summed E-state index contributed by atoms with van der Waals surface area (Å²) >= 11 is 0. The number of rotatable bonds is 8. The number of nitrogens with one attached hydrogen (secondary N) is 2. The van der Waals surface area contributed by atoms with E-state index >= 15 is 0 Å². The lowest BCUT2D eigenvalue weighted by atomic mass is 9.94. The van der Waals surface area contributed by atoms with E-state index in [1.54, 1.807) is 41.9 Å². The van der Waals surface area contributed by atoms with E-state index < -0.39 is 23.7 Å². The van der Waals surface area contributed by atoms with Gasteiger partial charge in [-0.05, 0) is 48.9 Å². The summed E-state index contributed by atoms with van der Waals surface area (Å²) in [5, 5.41) is 10.4. The zero-order valence-corrected chi connectivity index (χ0v) is 22.6. The number of allylic oxidation sites excluding steroid dienone is 1. The Bertz CT molecular complexity index is 1670. The molecule has 41 heavy (non-hydrogen) atoms. The zero-order chi connectivity index (χ0) is 29.1. The van der Waals surface area contributed by atoms with Crippen molar-refractivity contribution in [3.63, 3.8) is 0 Å². The van der Waals surface area contributed by atoms with E-state index in [0.717, 1.165) is 0 Å². The Balaban J connectivity index is 1.51. The number of hydrogen-bond acceptors (Lipinski definition) is 9. The van der Waals surface area contributed by atoms with Crippen molar-refractivity contribution in [2.75, 3.05) is 32.0 Å². The predicted molar refractivity (Wildman–Crippen MR) is 147 cm³/mol. The molecule has 210 valence electrons. The molecule has 0 unspecified atom stereocenters. The van der Waals surface area contributed by atoms with Crippen molar-refractivity contribution in [2.24, 2.45) is 0 Å². The van der Waals surface area contributed by atoms with Crippen molar-refractivity contribution in [1.29, 1.82) is 0 Å². The number of carbonyl (C=O) groups is 2. The molecular formula is C29H26FN5O6. The van der Waals surface area contributed by atoms with Crippen molar-refractivity contribution in [3.05, 3.63) is 95.2 Å². The third kappa shape index (κ3) is 5.26. The average Bonchev–Trinajstić information content (AvgIpc) is 3.44. The van der Waals surface area contributed by atoms with Crippen LogP contribution in [0.15, 0.2) is 78.3 Å². The highest BCUT2D eigenvalue weighted by Gasteiger charge is 2.34. The van der Waals surface area contributed by atoms with Crippen LogP contribution in [0.1, 0.15) is 28.9 Å². The Morgan fingerprint density at radius 2 is 1.71 bits per heavy atom. The highest BCUT2D eigenvalue weighted by molar-refractivity contribution is 6.06. The zero-order valence-electron chi connectivity index (χ0n) is 22.6. The SMILES string of the molecule is COc1ccc(OC)c(NC(=O)C2=C(C)Nc3ncnn3[C@@H]2c2ccc(OC(=O)c3ccccc3F)c(OC)c2)c1. The number of carbonyl (C=O) groups excluding carboxylic acids is 2. The van der Waals surface area contributed by atoms with Gasteiger partial charge in [-0.15, -0.1) is 0 Å². The molecular weight excluding hydrogens is 533 g/mol. The van der Waals surface area contributed by atoms with Crippen LogP contribution in [0, 0.1) is 5.82 Å². The van der Waals surface area contributed by atoms with Crippen LogP contribution in [-0.2, 0) is 4.79 Å². The normalized spacial score (nSPS) is 14.0. The number of halogens is 1. The van der Waals surface area contributed by atoms with E-state index in [1.807, 2.05) is 0 Å². The fourth-order valence-corrected chi connectivity index (χ4v) is 4.51. The van der Waals surface area contributed by atoms with Gasteiger partial charge in [0, 0.05) is 11.8 Å². The van der Waals surface area contributed by atoms with Crippen LogP contribution in [0.2, 0.25) is 0 Å². The molecule has 0 saturated heterocycles. The van der Waals surface area contributed by atoms with E-state index in [0.29, 0.717) is 40.0 Å². The van der Waals surface area contributed by atoms with Gasteiger partial charge in [-0.2, -0.15) is 10.1 Å². The average molecular weight is 560 g/mol. The number of esters is 1. The lowest BCUT2D eigenvalue weighted by molar-refractivity contribution is -0.113. The van der Waals surface area contributed by atoms with Crippen LogP contribution in [0.3, 0.4) is 0 Å². The summed E-state index contributed by atoms with van der Waals surface area (Å²) in [6, 6.07) is 14.6. The summed E-state index contributed by atoms with van der Waals surface area (Å²) in [5.41, 5.74) is 1.67. The van der Waals surface area contributed by atoms with Gasteiger partial charge in [-0.25, -0.2) is 13.9 Å². The first-order valence-corrected chi connectivity index (χ1v) is 12.4. The molecule has 0 fully saturated rings. The van der Waals surface area contributed by atoms with Crippen molar-refractivity contribution < 1.29 is 32.9 Å². The topological polar surface area (TPSA) is 126 Å². The number of amides is 1. The molecule has 3 aromatic carbocycles. The third-order valence-corrected chi connectivity index (χ3v) is 6.49. The summed E-state index contributed by atoms with van der Waals surface area (Å²) in [6.07, 6.45) is 1.37. The molecule has 4 aromatic rings. The highest BCUT2D eigenvalue weighted by Crippen LogP contribution is 2.40. The van der Waals surface area contributed by atoms with Gasteiger partial charge < -0.3 is 29.6 Å². The Morgan fingerprint density at radius 3 is 2.44 bits per heavy atom. The molecule has 2 N–H and O–H groups in total. The summed E-state index contributed by atoms with van der Waals surface area (Å²) in [4.78, 5) is 30.7. The molecule has 0 bridgehead atoms. The van der Waals surface area contributed by atoms with E-state index in [9.17, 15) is 14.0 Å². The van der Waals surface area contributed by atoms with E-state index in [4.69, 9.17) is 18.9 Å². The van der Waals surface area contributed by atoms with Gasteiger partial charge in [0.1, 0.15) is 29.7 Å². The molecule has 0 radical (unpaired) electrons. The van der Waals surface area contributed by atoms with Crippen LogP contribution in [0.4, 0.5) is 16.0 Å². The van der Waals surface area contributed by atoms with Gasteiger partial charge in [0.15, 0.2) is 11.5 Å². The van der Waals surface area contributed by atoms with Gasteiger partial charge >= 0.3 is 5.97 Å². The molecule has 1 aliphatic rings. The quantitative estimate of drug-likeness (QED) is 0.235. The monoisotopic (exact) mass is 559 g/mol. The fourth-order valence-electron chi connectivity index (χ4n) is 4.51. The number of hydrogen-bond donors (Lipinski definition) is 2. The first kappa shape index (κ1) is 27.2. The lowest BCUT2D eigenvalue weighted by Gasteiger charge is -2.29. The molecule has 5 rings (SSSR count). The van der Waals surface area contributed by atoms with Crippen molar-refractivity contribution in [1.82, 2.24) is 14.8 Å². The van der Waals surface area contributed by atoms with Crippen LogP contribution in [-0.4, -0.2) is 48.0 Å². The maximum atomic E-state index is 14.1. The van der Waals surface area contributed by atoms with E-state index in [2.05, 4.69) is 20.7 Å². The minimum Gasteiger partial charge on any atom is -0.497 e. The Labute approximate surface area is 234 Å². The number of aromatic nitrogens is 3. The fraction of sp³-hybridized carbons (Fsp3) is 0.172. The Morgan fingerprint density at radius 1 is 0.951 bits per heavy atom. The largest absolute Gasteiger partial charge is 0.497 e. The molecule has 0 saturated carbocycles. The second-order valence-electron chi connectivity index (χ2n) is 8.89. The van der Waals surface area contributed by atoms with Gasteiger partial charge in [-0.3, -0.25) is 4.79 Å². The van der Waals surface area contributed by atoms with E-state index in [1.165, 1.54) is 58.0 Å². The number of fused-ring (bicyclic) bond motifs is 1. The molecule has 12 heteroatoms. The molecule has 0 spiro atoms. The number of ether oxygens (including phenoxy) is 4. The molecule has 11 nitrogen and oxygen atoms in total. The molecule has 2 heterocycles. The van der Waals surface area contributed by atoms with Crippen molar-refractivity contribution in [3.8, 4) is 23.0 Å². The first-order valence-electron chi connectivity index (χ1n) is 12.4. The lowest BCUT2D eigenvalue weighted by Crippen LogP contribution is -2.31. The summed E-state index contributed by atoms with van der Waals surface area (Å²) < 4.78 is 37.4. The maximum Gasteiger partial charge on any atom is 0.346 e. The Hall–Kier alpha value is -5.39. The molecule has 1 aliphatic heterocycles. The maximum absolute atomic E-state index is 14.1. The van der Waals surface area contributed by atoms with Gasteiger partial charge in [0.25, 0.3) is 5.91 Å². The summed E-state index contributed by atoms with van der Waals surface area (Å²) in [5.74, 6) is -0.332. The number of methoxy groups -OCH3 is 3. The second-order valence-corrected chi connectivity index (χ2v) is 8.89.